The SMILES string of the molecule is C=C(Nc1c(Cl)ccc(CNC(=O)C(C)(C)C)c1Cl)N(C)c1cc(OCC(F)F)c(C(=O)NCCc2ccccc2)cc1C. The van der Waals surface area contributed by atoms with Gasteiger partial charge >= 0.3 is 0 Å². The first-order chi connectivity index (χ1) is 20.7. The smallest absolute Gasteiger partial charge is 0.272 e. The van der Waals surface area contributed by atoms with Gasteiger partial charge in [-0.1, -0.05) is 87.0 Å². The Hall–Kier alpha value is -3.82. The van der Waals surface area contributed by atoms with Crippen LogP contribution in [0.2, 0.25) is 10.0 Å². The van der Waals surface area contributed by atoms with Gasteiger partial charge in [0.1, 0.15) is 18.2 Å². The fourth-order valence-corrected chi connectivity index (χ4v) is 4.74. The van der Waals surface area contributed by atoms with Crippen molar-refractivity contribution >= 4 is 46.4 Å². The van der Waals surface area contributed by atoms with Crippen molar-refractivity contribution < 1.29 is 23.1 Å². The minimum absolute atomic E-state index is 0.00964. The molecule has 0 aromatic heterocycles. The number of carbonyl (C=O) groups excluding carboxylic acids is 2. The third-order valence-corrected chi connectivity index (χ3v) is 7.52. The van der Waals surface area contributed by atoms with Crippen LogP contribution in [0.4, 0.5) is 20.2 Å². The van der Waals surface area contributed by atoms with Gasteiger partial charge in [0.15, 0.2) is 0 Å². The number of hydrogen-bond acceptors (Lipinski definition) is 5. The van der Waals surface area contributed by atoms with Crippen LogP contribution < -0.4 is 25.6 Å². The molecular formula is C33H38Cl2F2N4O3. The summed E-state index contributed by atoms with van der Waals surface area (Å²) >= 11 is 13.1. The third kappa shape index (κ3) is 9.34. The van der Waals surface area contributed by atoms with Crippen molar-refractivity contribution in [2.75, 3.05) is 30.4 Å². The molecule has 0 fully saturated rings. The molecule has 0 saturated heterocycles. The molecule has 3 N–H and O–H groups in total. The molecule has 0 saturated carbocycles. The Balaban J connectivity index is 1.81. The molecule has 0 spiro atoms. The quantitative estimate of drug-likeness (QED) is 0.178. The van der Waals surface area contributed by atoms with E-state index in [1.165, 1.54) is 6.07 Å². The summed E-state index contributed by atoms with van der Waals surface area (Å²) in [5, 5.41) is 9.48. The van der Waals surface area contributed by atoms with Gasteiger partial charge < -0.3 is 25.6 Å². The molecule has 0 aliphatic heterocycles. The van der Waals surface area contributed by atoms with Crippen LogP contribution in [0.3, 0.4) is 0 Å². The molecule has 236 valence electrons. The van der Waals surface area contributed by atoms with Gasteiger partial charge in [0.25, 0.3) is 12.3 Å². The molecule has 0 unspecified atom stereocenters. The summed E-state index contributed by atoms with van der Waals surface area (Å²) in [7, 11) is 1.71. The molecule has 11 heteroatoms. The number of halogens is 4. The van der Waals surface area contributed by atoms with Gasteiger partial charge in [-0.3, -0.25) is 9.59 Å². The van der Waals surface area contributed by atoms with E-state index in [-0.39, 0.29) is 23.8 Å². The lowest BCUT2D eigenvalue weighted by Gasteiger charge is -2.27. The van der Waals surface area contributed by atoms with Gasteiger partial charge in [-0.25, -0.2) is 8.78 Å². The number of hydrogen-bond donors (Lipinski definition) is 3. The van der Waals surface area contributed by atoms with E-state index in [2.05, 4.69) is 22.5 Å². The summed E-state index contributed by atoms with van der Waals surface area (Å²) in [5.41, 5.74) is 2.88. The molecule has 0 heterocycles. The van der Waals surface area contributed by atoms with Gasteiger partial charge in [0, 0.05) is 37.3 Å². The van der Waals surface area contributed by atoms with Crippen molar-refractivity contribution in [3.63, 3.8) is 0 Å². The first-order valence-corrected chi connectivity index (χ1v) is 14.8. The standard InChI is InChI=1S/C33H38Cl2F2N4O3/c1-20-16-24(31(42)38-15-14-22-10-8-7-9-11-22)27(44-19-28(36)37)17-26(20)41(6)21(2)40-30-25(34)13-12-23(29(30)35)18-39-32(43)33(3,4)5/h7-13,16-17,28,40H,2,14-15,18-19H2,1,3-6H3,(H,38,42)(H,39,43). The summed E-state index contributed by atoms with van der Waals surface area (Å²) in [6, 6.07) is 16.2. The minimum atomic E-state index is -2.73. The number of nitrogens with one attached hydrogen (secondary N) is 3. The average Bonchev–Trinajstić information content (AvgIpc) is 2.97. The lowest BCUT2D eigenvalue weighted by molar-refractivity contribution is -0.128. The second kappa shape index (κ2) is 15.3. The van der Waals surface area contributed by atoms with Crippen LogP contribution in [0.25, 0.3) is 0 Å². The first kappa shape index (κ1) is 34.7. The Kier molecular flexibility index (Phi) is 12.0. The highest BCUT2D eigenvalue weighted by atomic mass is 35.5. The van der Waals surface area contributed by atoms with Crippen LogP contribution in [0.1, 0.15) is 47.8 Å². The second-order valence-corrected chi connectivity index (χ2v) is 12.1. The van der Waals surface area contributed by atoms with Crippen LogP contribution in [0, 0.1) is 12.3 Å². The van der Waals surface area contributed by atoms with Gasteiger partial charge in [0.05, 0.1) is 21.3 Å². The van der Waals surface area contributed by atoms with E-state index in [9.17, 15) is 18.4 Å². The van der Waals surface area contributed by atoms with Crippen LogP contribution in [-0.4, -0.2) is 38.4 Å². The molecule has 2 amide bonds. The van der Waals surface area contributed by atoms with Crippen molar-refractivity contribution in [1.29, 1.82) is 0 Å². The van der Waals surface area contributed by atoms with E-state index in [0.29, 0.717) is 51.3 Å². The zero-order valence-electron chi connectivity index (χ0n) is 25.5. The Morgan fingerprint density at radius 3 is 2.36 bits per heavy atom. The fourth-order valence-electron chi connectivity index (χ4n) is 4.21. The number of alkyl halides is 2. The lowest BCUT2D eigenvalue weighted by atomic mass is 9.95. The molecule has 0 aliphatic rings. The molecule has 3 aromatic rings. The molecule has 3 aromatic carbocycles. The monoisotopic (exact) mass is 646 g/mol. The van der Waals surface area contributed by atoms with E-state index in [0.717, 1.165) is 5.56 Å². The summed E-state index contributed by atoms with van der Waals surface area (Å²) in [6.07, 6.45) is -2.12. The number of nitrogens with zero attached hydrogens (tertiary/aromatic N) is 1. The highest BCUT2D eigenvalue weighted by molar-refractivity contribution is 6.39. The lowest BCUT2D eigenvalue weighted by Crippen LogP contribution is -2.34. The van der Waals surface area contributed by atoms with Crippen molar-refractivity contribution in [2.45, 2.75) is 47.1 Å². The highest BCUT2D eigenvalue weighted by Gasteiger charge is 2.23. The summed E-state index contributed by atoms with van der Waals surface area (Å²) in [6.45, 7) is 11.0. The molecule has 0 atom stereocenters. The van der Waals surface area contributed by atoms with Crippen molar-refractivity contribution in [3.8, 4) is 5.75 Å². The number of rotatable bonds is 13. The second-order valence-electron chi connectivity index (χ2n) is 11.3. The normalized spacial score (nSPS) is 11.2. The van der Waals surface area contributed by atoms with E-state index < -0.39 is 24.4 Å². The summed E-state index contributed by atoms with van der Waals surface area (Å²) in [5.74, 6) is -0.202. The number of amides is 2. The van der Waals surface area contributed by atoms with E-state index in [4.69, 9.17) is 27.9 Å². The molecule has 7 nitrogen and oxygen atoms in total. The molecule has 0 aliphatic carbocycles. The molecule has 0 radical (unpaired) electrons. The van der Waals surface area contributed by atoms with E-state index >= 15 is 0 Å². The highest BCUT2D eigenvalue weighted by Crippen LogP contribution is 2.36. The van der Waals surface area contributed by atoms with Crippen LogP contribution in [-0.2, 0) is 17.8 Å². The predicted molar refractivity (Wildman–Crippen MR) is 174 cm³/mol. The zero-order valence-corrected chi connectivity index (χ0v) is 27.0. The largest absolute Gasteiger partial charge is 0.487 e. The molecular weight excluding hydrogens is 609 g/mol. The summed E-state index contributed by atoms with van der Waals surface area (Å²) < 4.78 is 31.6. The van der Waals surface area contributed by atoms with E-state index in [1.54, 1.807) is 37.1 Å². The first-order valence-electron chi connectivity index (χ1n) is 14.0. The Labute approximate surface area is 267 Å². The fraction of sp³-hybridized carbons (Fsp3) is 0.333. The molecule has 3 rings (SSSR count). The Morgan fingerprint density at radius 1 is 1.05 bits per heavy atom. The topological polar surface area (TPSA) is 82.7 Å². The third-order valence-electron chi connectivity index (χ3n) is 6.78. The van der Waals surface area contributed by atoms with Crippen LogP contribution in [0.5, 0.6) is 5.75 Å². The van der Waals surface area contributed by atoms with Crippen molar-refractivity contribution in [3.05, 3.63) is 99.3 Å². The maximum atomic E-state index is 13.1. The van der Waals surface area contributed by atoms with Crippen LogP contribution in [0.15, 0.2) is 67.0 Å². The molecule has 0 bridgehead atoms. The van der Waals surface area contributed by atoms with E-state index in [1.807, 2.05) is 51.1 Å². The van der Waals surface area contributed by atoms with Gasteiger partial charge in [-0.15, -0.1) is 0 Å². The number of ether oxygens (including phenoxy) is 1. The van der Waals surface area contributed by atoms with Crippen molar-refractivity contribution in [1.82, 2.24) is 10.6 Å². The molecule has 44 heavy (non-hydrogen) atoms. The predicted octanol–water partition coefficient (Wildman–Crippen LogP) is 7.60. The van der Waals surface area contributed by atoms with Gasteiger partial charge in [-0.2, -0.15) is 0 Å². The maximum absolute atomic E-state index is 13.1. The Bertz CT molecular complexity index is 1490. The number of anilines is 2. The number of aryl methyl sites for hydroxylation is 1. The number of benzene rings is 3. The Morgan fingerprint density at radius 2 is 1.73 bits per heavy atom. The van der Waals surface area contributed by atoms with Crippen LogP contribution >= 0.6 is 23.2 Å². The maximum Gasteiger partial charge on any atom is 0.272 e. The van der Waals surface area contributed by atoms with Gasteiger partial charge in [-0.05, 0) is 42.2 Å². The van der Waals surface area contributed by atoms with Gasteiger partial charge in [0.2, 0.25) is 5.91 Å². The number of carbonyl (C=O) groups is 2. The van der Waals surface area contributed by atoms with Crippen molar-refractivity contribution in [2.24, 2.45) is 5.41 Å². The zero-order chi connectivity index (χ0) is 32.6. The minimum Gasteiger partial charge on any atom is -0.487 e. The average molecular weight is 648 g/mol. The summed E-state index contributed by atoms with van der Waals surface area (Å²) in [4.78, 5) is 27.1.